The average molecular weight is 236 g/mol. The molecule has 0 aromatic rings. The van der Waals surface area contributed by atoms with E-state index < -0.39 is 5.97 Å². The molecule has 1 saturated carbocycles. The van der Waals surface area contributed by atoms with Crippen molar-refractivity contribution < 1.29 is 9.90 Å². The van der Waals surface area contributed by atoms with E-state index in [1.165, 1.54) is 24.8 Å². The minimum Gasteiger partial charge on any atom is -0.481 e. The molecular weight excluding hydrogens is 212 g/mol. The van der Waals surface area contributed by atoms with Crippen molar-refractivity contribution in [3.63, 3.8) is 0 Å². The van der Waals surface area contributed by atoms with Crippen LogP contribution in [0.2, 0.25) is 0 Å². The lowest BCUT2D eigenvalue weighted by Crippen LogP contribution is -2.39. The van der Waals surface area contributed by atoms with Crippen LogP contribution in [0.1, 0.15) is 46.5 Å². The molecule has 0 radical (unpaired) electrons. The number of rotatable bonds is 2. The van der Waals surface area contributed by atoms with E-state index in [9.17, 15) is 9.90 Å². The molecule has 1 fully saturated rings. The van der Waals surface area contributed by atoms with Gasteiger partial charge in [-0.1, -0.05) is 31.9 Å². The quantitative estimate of drug-likeness (QED) is 0.742. The largest absolute Gasteiger partial charge is 0.481 e. The van der Waals surface area contributed by atoms with Gasteiger partial charge in [0, 0.05) is 0 Å². The molecule has 2 aliphatic carbocycles. The maximum atomic E-state index is 11.2. The van der Waals surface area contributed by atoms with E-state index >= 15 is 0 Å². The second kappa shape index (κ2) is 4.83. The van der Waals surface area contributed by atoms with Gasteiger partial charge in [0.25, 0.3) is 0 Å². The Hall–Kier alpha value is -0.790. The Labute approximate surface area is 104 Å². The van der Waals surface area contributed by atoms with Gasteiger partial charge in [-0.3, -0.25) is 4.79 Å². The molecule has 0 aromatic carbocycles. The SMILES string of the molecule is CC1=C[C@@H]2C(C(C)C(=O)O)CCC(C)[C@@H]2CC1. The second-order valence-electron chi connectivity index (χ2n) is 6.14. The molecule has 1 N–H and O–H groups in total. The van der Waals surface area contributed by atoms with Crippen molar-refractivity contribution in [1.82, 2.24) is 0 Å². The Bertz CT molecular complexity index is 332. The van der Waals surface area contributed by atoms with Crippen LogP contribution in [0.4, 0.5) is 0 Å². The predicted octanol–water partition coefficient (Wildman–Crippen LogP) is 3.73. The monoisotopic (exact) mass is 236 g/mol. The molecule has 17 heavy (non-hydrogen) atoms. The van der Waals surface area contributed by atoms with Crippen LogP contribution in [-0.4, -0.2) is 11.1 Å². The van der Waals surface area contributed by atoms with Crippen molar-refractivity contribution in [3.8, 4) is 0 Å². The Balaban J connectivity index is 2.22. The van der Waals surface area contributed by atoms with E-state index in [0.717, 1.165) is 18.3 Å². The van der Waals surface area contributed by atoms with Gasteiger partial charge in [-0.15, -0.1) is 0 Å². The first-order valence-corrected chi connectivity index (χ1v) is 6.90. The molecule has 0 aromatic heterocycles. The summed E-state index contributed by atoms with van der Waals surface area (Å²) in [5.74, 6) is 1.53. The van der Waals surface area contributed by atoms with Crippen LogP contribution < -0.4 is 0 Å². The Morgan fingerprint density at radius 2 is 2.12 bits per heavy atom. The molecule has 0 amide bonds. The summed E-state index contributed by atoms with van der Waals surface area (Å²) >= 11 is 0. The number of carboxylic acid groups (broad SMARTS) is 1. The lowest BCUT2D eigenvalue weighted by molar-refractivity contribution is -0.144. The van der Waals surface area contributed by atoms with Gasteiger partial charge in [-0.05, 0) is 49.9 Å². The van der Waals surface area contributed by atoms with Crippen LogP contribution >= 0.6 is 0 Å². The average Bonchev–Trinajstić information content (AvgIpc) is 2.28. The summed E-state index contributed by atoms with van der Waals surface area (Å²) in [5.41, 5.74) is 1.46. The lowest BCUT2D eigenvalue weighted by Gasteiger charge is -2.44. The highest BCUT2D eigenvalue weighted by Crippen LogP contribution is 2.47. The van der Waals surface area contributed by atoms with Crippen LogP contribution in [-0.2, 0) is 4.79 Å². The molecule has 0 saturated heterocycles. The first-order chi connectivity index (χ1) is 8.00. The molecule has 0 heterocycles. The van der Waals surface area contributed by atoms with Gasteiger partial charge in [0.05, 0.1) is 5.92 Å². The van der Waals surface area contributed by atoms with Gasteiger partial charge < -0.3 is 5.11 Å². The third-order valence-electron chi connectivity index (χ3n) is 5.06. The van der Waals surface area contributed by atoms with Crippen LogP contribution in [0.15, 0.2) is 11.6 Å². The van der Waals surface area contributed by atoms with Crippen LogP contribution in [0.3, 0.4) is 0 Å². The standard InChI is InChI=1S/C15H24O2/c1-9-4-6-12-10(2)5-7-13(14(12)8-9)11(3)15(16)17/h8,10-14H,4-7H2,1-3H3,(H,16,17)/t10?,11?,12-,13?,14-/m0/s1. The molecule has 5 atom stereocenters. The number of carboxylic acids is 1. The third-order valence-corrected chi connectivity index (χ3v) is 5.06. The summed E-state index contributed by atoms with van der Waals surface area (Å²) < 4.78 is 0. The third kappa shape index (κ3) is 2.41. The van der Waals surface area contributed by atoms with Gasteiger partial charge in [0.1, 0.15) is 0 Å². The zero-order valence-corrected chi connectivity index (χ0v) is 11.1. The van der Waals surface area contributed by atoms with Gasteiger partial charge in [0.2, 0.25) is 0 Å². The summed E-state index contributed by atoms with van der Waals surface area (Å²) in [5, 5.41) is 9.24. The number of hydrogen-bond acceptors (Lipinski definition) is 1. The topological polar surface area (TPSA) is 37.3 Å². The maximum absolute atomic E-state index is 11.2. The Morgan fingerprint density at radius 3 is 2.76 bits per heavy atom. The highest BCUT2D eigenvalue weighted by Gasteiger charge is 2.41. The van der Waals surface area contributed by atoms with Crippen LogP contribution in [0.25, 0.3) is 0 Å². The van der Waals surface area contributed by atoms with Crippen molar-refractivity contribution in [3.05, 3.63) is 11.6 Å². The molecule has 0 aliphatic heterocycles. The first kappa shape index (κ1) is 12.7. The molecule has 2 nitrogen and oxygen atoms in total. The van der Waals surface area contributed by atoms with E-state index in [0.29, 0.717) is 11.8 Å². The fourth-order valence-corrected chi connectivity index (χ4v) is 3.86. The number of carbonyl (C=O) groups is 1. The molecule has 0 bridgehead atoms. The first-order valence-electron chi connectivity index (χ1n) is 6.90. The molecule has 0 spiro atoms. The normalized spacial score (nSPS) is 39.1. The highest BCUT2D eigenvalue weighted by atomic mass is 16.4. The molecule has 2 heteroatoms. The second-order valence-corrected chi connectivity index (χ2v) is 6.14. The maximum Gasteiger partial charge on any atom is 0.306 e. The highest BCUT2D eigenvalue weighted by molar-refractivity contribution is 5.70. The summed E-state index contributed by atoms with van der Waals surface area (Å²) in [6.07, 6.45) is 7.14. The molecule has 96 valence electrons. The van der Waals surface area contributed by atoms with Gasteiger partial charge >= 0.3 is 5.97 Å². The minimum atomic E-state index is -0.625. The van der Waals surface area contributed by atoms with Crippen LogP contribution in [0, 0.1) is 29.6 Å². The Morgan fingerprint density at radius 1 is 1.41 bits per heavy atom. The number of allylic oxidation sites excluding steroid dienone is 2. The van der Waals surface area contributed by atoms with Crippen molar-refractivity contribution in [2.24, 2.45) is 29.6 Å². The predicted molar refractivity (Wildman–Crippen MR) is 68.7 cm³/mol. The summed E-state index contributed by atoms with van der Waals surface area (Å²) in [7, 11) is 0. The van der Waals surface area contributed by atoms with E-state index in [1.54, 1.807) is 0 Å². The van der Waals surface area contributed by atoms with Gasteiger partial charge in [0.15, 0.2) is 0 Å². The van der Waals surface area contributed by atoms with Crippen molar-refractivity contribution >= 4 is 5.97 Å². The van der Waals surface area contributed by atoms with E-state index in [1.807, 2.05) is 6.92 Å². The Kier molecular flexibility index (Phi) is 3.60. The molecule has 3 unspecified atom stereocenters. The number of fused-ring (bicyclic) bond motifs is 1. The zero-order valence-electron chi connectivity index (χ0n) is 11.1. The van der Waals surface area contributed by atoms with Crippen LogP contribution in [0.5, 0.6) is 0 Å². The van der Waals surface area contributed by atoms with Gasteiger partial charge in [-0.25, -0.2) is 0 Å². The molecule has 2 rings (SSSR count). The molecular formula is C15H24O2. The van der Waals surface area contributed by atoms with Crippen molar-refractivity contribution in [2.75, 3.05) is 0 Å². The number of hydrogen-bond donors (Lipinski definition) is 1. The van der Waals surface area contributed by atoms with E-state index in [2.05, 4.69) is 19.9 Å². The fourth-order valence-electron chi connectivity index (χ4n) is 3.86. The van der Waals surface area contributed by atoms with Crippen molar-refractivity contribution in [2.45, 2.75) is 46.5 Å². The lowest BCUT2D eigenvalue weighted by atomic mass is 9.60. The smallest absolute Gasteiger partial charge is 0.306 e. The summed E-state index contributed by atoms with van der Waals surface area (Å²) in [4.78, 5) is 11.2. The van der Waals surface area contributed by atoms with E-state index in [-0.39, 0.29) is 5.92 Å². The van der Waals surface area contributed by atoms with E-state index in [4.69, 9.17) is 0 Å². The summed E-state index contributed by atoms with van der Waals surface area (Å²) in [6.45, 7) is 6.42. The van der Waals surface area contributed by atoms with Gasteiger partial charge in [-0.2, -0.15) is 0 Å². The zero-order chi connectivity index (χ0) is 12.6. The van der Waals surface area contributed by atoms with Crippen molar-refractivity contribution in [1.29, 1.82) is 0 Å². The fraction of sp³-hybridized carbons (Fsp3) is 0.800. The molecule has 2 aliphatic rings. The minimum absolute atomic E-state index is 0.197. The summed E-state index contributed by atoms with van der Waals surface area (Å²) in [6, 6.07) is 0. The number of aliphatic carboxylic acids is 1.